The zero-order chi connectivity index (χ0) is 15.0. The Bertz CT molecular complexity index is 600. The second kappa shape index (κ2) is 5.68. The maximum Gasteiger partial charge on any atom is 0.262 e. The predicted octanol–water partition coefficient (Wildman–Crippen LogP) is 0.377. The summed E-state index contributed by atoms with van der Waals surface area (Å²) in [6.45, 7) is 3.33. The van der Waals surface area contributed by atoms with Crippen molar-refractivity contribution in [1.82, 2.24) is 13.9 Å². The fourth-order valence-corrected chi connectivity index (χ4v) is 4.83. The van der Waals surface area contributed by atoms with Crippen LogP contribution >= 0.6 is 0 Å². The highest BCUT2D eigenvalue weighted by Crippen LogP contribution is 2.34. The van der Waals surface area contributed by atoms with Gasteiger partial charge in [-0.2, -0.15) is 4.31 Å². The lowest BCUT2D eigenvalue weighted by atomic mass is 10.1. The summed E-state index contributed by atoms with van der Waals surface area (Å²) in [6.07, 6.45) is 4.45. The molecule has 0 N–H and O–H groups in total. The second-order valence-corrected chi connectivity index (χ2v) is 7.30. The molecule has 0 bridgehead atoms. The van der Waals surface area contributed by atoms with E-state index in [1.54, 1.807) is 15.9 Å². The first-order valence-corrected chi connectivity index (χ1v) is 8.71. The first kappa shape index (κ1) is 15.0. The Labute approximate surface area is 124 Å². The lowest BCUT2D eigenvalue weighted by molar-refractivity contribution is -0.0938. The molecule has 118 valence electrons. The number of aromatic nitrogens is 2. The number of rotatable bonds is 4. The van der Waals surface area contributed by atoms with Crippen molar-refractivity contribution in [3.63, 3.8) is 0 Å². The third-order valence-corrected chi connectivity index (χ3v) is 5.93. The van der Waals surface area contributed by atoms with E-state index >= 15 is 0 Å². The standard InChI is InChI=1S/C13H21N3O4S/c1-3-19-11-5-4-10-13(11)20-7-6-16(10)21(17,18)12-8-15(2)9-14-12/h8-11,13H,3-7H2,1-2H3/t10-,11+,13+/m0/s1. The molecular weight excluding hydrogens is 294 g/mol. The van der Waals surface area contributed by atoms with Crippen molar-refractivity contribution in [1.29, 1.82) is 0 Å². The van der Waals surface area contributed by atoms with Gasteiger partial charge in [-0.1, -0.05) is 0 Å². The Morgan fingerprint density at radius 2 is 2.29 bits per heavy atom. The molecule has 21 heavy (non-hydrogen) atoms. The van der Waals surface area contributed by atoms with Gasteiger partial charge < -0.3 is 14.0 Å². The van der Waals surface area contributed by atoms with E-state index in [1.165, 1.54) is 12.5 Å². The number of sulfonamides is 1. The number of fused-ring (bicyclic) bond motifs is 1. The van der Waals surface area contributed by atoms with E-state index in [4.69, 9.17) is 9.47 Å². The van der Waals surface area contributed by atoms with Gasteiger partial charge in [-0.05, 0) is 19.8 Å². The van der Waals surface area contributed by atoms with Crippen molar-refractivity contribution >= 4 is 10.0 Å². The van der Waals surface area contributed by atoms with Crippen LogP contribution in [0.5, 0.6) is 0 Å². The summed E-state index contributed by atoms with van der Waals surface area (Å²) in [5.74, 6) is 0. The van der Waals surface area contributed by atoms with Gasteiger partial charge in [-0.3, -0.25) is 0 Å². The van der Waals surface area contributed by atoms with E-state index < -0.39 is 10.0 Å². The lowest BCUT2D eigenvalue weighted by Gasteiger charge is -2.37. The Kier molecular flexibility index (Phi) is 4.04. The molecule has 2 aliphatic rings. The van der Waals surface area contributed by atoms with Crippen LogP contribution in [0, 0.1) is 0 Å². The molecule has 0 unspecified atom stereocenters. The zero-order valence-electron chi connectivity index (χ0n) is 12.3. The van der Waals surface area contributed by atoms with Crippen LogP contribution in [-0.4, -0.2) is 60.3 Å². The SMILES string of the molecule is CCO[C@@H]1CC[C@H]2[C@H]1OCCN2S(=O)(=O)c1cn(C)cn1. The fourth-order valence-electron chi connectivity index (χ4n) is 3.22. The number of hydrogen-bond donors (Lipinski definition) is 0. The van der Waals surface area contributed by atoms with E-state index in [-0.39, 0.29) is 23.3 Å². The maximum absolute atomic E-state index is 12.8. The molecule has 1 aromatic rings. The summed E-state index contributed by atoms with van der Waals surface area (Å²) in [5, 5.41) is 0.102. The quantitative estimate of drug-likeness (QED) is 0.803. The monoisotopic (exact) mass is 315 g/mol. The average molecular weight is 315 g/mol. The lowest BCUT2D eigenvalue weighted by Crippen LogP contribution is -2.53. The largest absolute Gasteiger partial charge is 0.376 e. The number of aryl methyl sites for hydroxylation is 1. The molecule has 1 aromatic heterocycles. The van der Waals surface area contributed by atoms with Crippen molar-refractivity contribution in [2.45, 2.75) is 43.0 Å². The van der Waals surface area contributed by atoms with Gasteiger partial charge in [-0.25, -0.2) is 13.4 Å². The summed E-state index contributed by atoms with van der Waals surface area (Å²) in [4.78, 5) is 3.99. The van der Waals surface area contributed by atoms with Crippen LogP contribution in [0.4, 0.5) is 0 Å². The highest BCUT2D eigenvalue weighted by atomic mass is 32.2. The summed E-state index contributed by atoms with van der Waals surface area (Å²) in [5.41, 5.74) is 0. The highest BCUT2D eigenvalue weighted by Gasteiger charge is 2.47. The van der Waals surface area contributed by atoms with Gasteiger partial charge in [0.15, 0.2) is 5.03 Å². The van der Waals surface area contributed by atoms with Gasteiger partial charge in [-0.15, -0.1) is 0 Å². The van der Waals surface area contributed by atoms with Gasteiger partial charge in [0, 0.05) is 26.4 Å². The molecule has 8 heteroatoms. The van der Waals surface area contributed by atoms with Crippen molar-refractivity contribution in [2.75, 3.05) is 19.8 Å². The van der Waals surface area contributed by atoms with Crippen LogP contribution in [0.25, 0.3) is 0 Å². The maximum atomic E-state index is 12.8. The molecule has 1 aliphatic heterocycles. The molecule has 2 heterocycles. The molecular formula is C13H21N3O4S. The van der Waals surface area contributed by atoms with Crippen molar-refractivity contribution in [3.05, 3.63) is 12.5 Å². The molecule has 1 saturated carbocycles. The predicted molar refractivity (Wildman–Crippen MR) is 75.3 cm³/mol. The number of hydrogen-bond acceptors (Lipinski definition) is 5. The smallest absolute Gasteiger partial charge is 0.262 e. The molecule has 7 nitrogen and oxygen atoms in total. The summed E-state index contributed by atoms with van der Waals surface area (Å²) in [7, 11) is -1.81. The Balaban J connectivity index is 1.85. The van der Waals surface area contributed by atoms with Gasteiger partial charge in [0.25, 0.3) is 10.0 Å². The van der Waals surface area contributed by atoms with Gasteiger partial charge in [0.2, 0.25) is 0 Å². The van der Waals surface area contributed by atoms with Crippen molar-refractivity contribution in [2.24, 2.45) is 7.05 Å². The van der Waals surface area contributed by atoms with Crippen molar-refractivity contribution < 1.29 is 17.9 Å². The Hall–Kier alpha value is -0.960. The highest BCUT2D eigenvalue weighted by molar-refractivity contribution is 7.89. The number of imidazole rings is 1. The second-order valence-electron chi connectivity index (χ2n) is 5.47. The molecule has 0 spiro atoms. The third-order valence-electron chi connectivity index (χ3n) is 4.12. The van der Waals surface area contributed by atoms with Crippen LogP contribution in [0.2, 0.25) is 0 Å². The van der Waals surface area contributed by atoms with Crippen LogP contribution in [-0.2, 0) is 26.5 Å². The van der Waals surface area contributed by atoms with Gasteiger partial charge in [0.1, 0.15) is 6.10 Å². The molecule has 2 fully saturated rings. The summed E-state index contributed by atoms with van der Waals surface area (Å²) >= 11 is 0. The zero-order valence-corrected chi connectivity index (χ0v) is 13.1. The van der Waals surface area contributed by atoms with Gasteiger partial charge in [0.05, 0.1) is 25.1 Å². The molecule has 0 radical (unpaired) electrons. The Morgan fingerprint density at radius 3 is 2.95 bits per heavy atom. The molecule has 0 aromatic carbocycles. The first-order valence-electron chi connectivity index (χ1n) is 7.27. The summed E-state index contributed by atoms with van der Waals surface area (Å²) in [6, 6.07) is -0.151. The van der Waals surface area contributed by atoms with E-state index in [0.717, 1.165) is 12.8 Å². The minimum atomic E-state index is -3.57. The topological polar surface area (TPSA) is 73.7 Å². The third kappa shape index (κ3) is 2.61. The van der Waals surface area contributed by atoms with E-state index in [9.17, 15) is 8.42 Å². The molecule has 1 aliphatic carbocycles. The van der Waals surface area contributed by atoms with Crippen LogP contribution in [0.3, 0.4) is 0 Å². The fraction of sp³-hybridized carbons (Fsp3) is 0.769. The summed E-state index contributed by atoms with van der Waals surface area (Å²) < 4.78 is 40.2. The van der Waals surface area contributed by atoms with E-state index in [1.807, 2.05) is 6.92 Å². The number of morpholine rings is 1. The first-order chi connectivity index (χ1) is 10.0. The van der Waals surface area contributed by atoms with E-state index in [0.29, 0.717) is 19.8 Å². The van der Waals surface area contributed by atoms with Gasteiger partial charge >= 0.3 is 0 Å². The normalized spacial score (nSPS) is 30.5. The van der Waals surface area contributed by atoms with Crippen LogP contribution < -0.4 is 0 Å². The van der Waals surface area contributed by atoms with Crippen LogP contribution in [0.1, 0.15) is 19.8 Å². The minimum Gasteiger partial charge on any atom is -0.376 e. The van der Waals surface area contributed by atoms with E-state index in [2.05, 4.69) is 4.98 Å². The molecule has 1 saturated heterocycles. The molecule has 0 amide bonds. The number of nitrogens with zero attached hydrogens (tertiary/aromatic N) is 3. The molecule has 3 rings (SSSR count). The minimum absolute atomic E-state index is 0.0123. The molecule has 3 atom stereocenters. The Morgan fingerprint density at radius 1 is 1.48 bits per heavy atom. The van der Waals surface area contributed by atoms with Crippen LogP contribution in [0.15, 0.2) is 17.6 Å². The average Bonchev–Trinajstić information content (AvgIpc) is 3.06. The van der Waals surface area contributed by atoms with Crippen molar-refractivity contribution in [3.8, 4) is 0 Å². The number of ether oxygens (including phenoxy) is 2.